The number of aromatic nitrogens is 8. The molecule has 7 rings (SSSR count). The largest absolute Gasteiger partial charge is 0.390 e. The molecule has 0 bridgehead atoms. The van der Waals surface area contributed by atoms with Crippen LogP contribution < -0.4 is 11.3 Å². The lowest BCUT2D eigenvalue weighted by atomic mass is 9.92. The van der Waals surface area contributed by atoms with Gasteiger partial charge in [-0.05, 0) is 11.4 Å². The Morgan fingerprint density at radius 3 is 2.09 bits per heavy atom. The molecule has 3 N–H and O–H groups in total. The minimum absolute atomic E-state index is 0.0151. The molecule has 4 aromatic heterocycles. The first-order valence-corrected chi connectivity index (χ1v) is 24.1. The van der Waals surface area contributed by atoms with Crippen molar-refractivity contribution in [3.05, 3.63) is 35.7 Å². The number of fused-ring (bicyclic) bond motifs is 4. The monoisotopic (exact) mass is 875 g/mol. The van der Waals surface area contributed by atoms with Crippen LogP contribution in [0.4, 0.5) is 14.6 Å². The van der Waals surface area contributed by atoms with Crippen molar-refractivity contribution < 1.29 is 50.5 Å². The fraction of sp³-hybridized carbons (Fsp3) is 0.625. The van der Waals surface area contributed by atoms with Gasteiger partial charge in [0.2, 0.25) is 0 Å². The van der Waals surface area contributed by atoms with Crippen LogP contribution in [0, 0.1) is 10.8 Å². The molecule has 57 heavy (non-hydrogen) atoms. The molecular formula is C32H41F2N9O10P2S2. The van der Waals surface area contributed by atoms with E-state index in [1.54, 1.807) is 41.5 Å². The number of Topliss-reactive ketones (excluding diaryl/α,β-unsaturated/α-hetero) is 2. The Kier molecular flexibility index (Phi) is 11.4. The Morgan fingerprint density at radius 2 is 1.42 bits per heavy atom. The Morgan fingerprint density at radius 1 is 0.842 bits per heavy atom. The van der Waals surface area contributed by atoms with Crippen molar-refractivity contribution in [3.63, 3.8) is 0 Å². The van der Waals surface area contributed by atoms with Gasteiger partial charge in [-0.3, -0.25) is 37.1 Å². The standard InChI is InChI=1S/C32H41F2N9O10P2S2/c1-31(2,3)17(44)9-56-54(47)24-16(52-30(20(24)34)43-14-41-22-27(43)38-12-39-28(22)46)8-50-55(48,57-10-18(45)32(4,5)6)53-23-15(7-49-54)51-29(19(23)33)42-13-40-21-25(35)36-11-37-26(21)42/h11-16,19-20,23-24,29-30H,7-10H2,1-6H3,(H2,35,36,37)(H,38,39,46)/t15?,16?,19-,20-,23-,24-,29?,30?,54?,55?/m1/s1. The average molecular weight is 876 g/mol. The van der Waals surface area contributed by atoms with Crippen molar-refractivity contribution in [2.24, 2.45) is 10.8 Å². The molecule has 3 saturated heterocycles. The molecule has 0 spiro atoms. The topological polar surface area (TPSA) is 248 Å². The van der Waals surface area contributed by atoms with Crippen LogP contribution in [0.25, 0.3) is 22.3 Å². The van der Waals surface area contributed by atoms with Gasteiger partial charge in [-0.25, -0.2) is 38.3 Å². The quantitative estimate of drug-likeness (QED) is 0.225. The van der Waals surface area contributed by atoms with Gasteiger partial charge in [0.05, 0.1) is 49.8 Å². The summed E-state index contributed by atoms with van der Waals surface area (Å²) in [6.45, 7) is -0.585. The molecule has 310 valence electrons. The highest BCUT2D eigenvalue weighted by Crippen LogP contribution is 2.70. The van der Waals surface area contributed by atoms with E-state index in [2.05, 4.69) is 29.9 Å². The number of nitrogens with zero attached hydrogens (tertiary/aromatic N) is 7. The highest BCUT2D eigenvalue weighted by molar-refractivity contribution is 8.57. The van der Waals surface area contributed by atoms with Crippen LogP contribution >= 0.6 is 36.1 Å². The van der Waals surface area contributed by atoms with Gasteiger partial charge < -0.3 is 24.7 Å². The van der Waals surface area contributed by atoms with Crippen molar-refractivity contribution in [2.45, 2.75) is 90.3 Å². The van der Waals surface area contributed by atoms with E-state index >= 15 is 13.3 Å². The van der Waals surface area contributed by atoms with Crippen LogP contribution in [0.15, 0.2) is 30.1 Å². The van der Waals surface area contributed by atoms with Crippen molar-refractivity contribution in [2.75, 3.05) is 30.5 Å². The third kappa shape index (κ3) is 8.11. The fourth-order valence-corrected chi connectivity index (χ4v) is 14.9. The summed E-state index contributed by atoms with van der Waals surface area (Å²) in [6.07, 6.45) is -7.60. The molecule has 25 heteroatoms. The van der Waals surface area contributed by atoms with Crippen molar-refractivity contribution in [1.82, 2.24) is 39.0 Å². The first-order valence-electron chi connectivity index (χ1n) is 17.7. The number of nitrogens with two attached hydrogens (primary N) is 1. The summed E-state index contributed by atoms with van der Waals surface area (Å²) in [5.41, 5.74) is 1.98. The number of halogens is 2. The second-order valence-corrected chi connectivity index (χ2v) is 24.5. The predicted molar refractivity (Wildman–Crippen MR) is 205 cm³/mol. The summed E-state index contributed by atoms with van der Waals surface area (Å²) >= 11 is 1.08. The Hall–Kier alpha value is -3.14. The Balaban J connectivity index is 1.30. The number of rotatable bonds is 8. The van der Waals surface area contributed by atoms with Gasteiger partial charge in [0, 0.05) is 10.8 Å². The molecule has 0 saturated carbocycles. The number of anilines is 1. The van der Waals surface area contributed by atoms with Crippen LogP contribution in [0.5, 0.6) is 0 Å². The highest BCUT2D eigenvalue weighted by atomic mass is 32.7. The molecule has 0 amide bonds. The number of imidazole rings is 2. The zero-order valence-corrected chi connectivity index (χ0v) is 34.9. The van der Waals surface area contributed by atoms with E-state index in [9.17, 15) is 18.9 Å². The maximum atomic E-state index is 17.2. The number of nitrogen functional groups attached to an aromatic ring is 1. The summed E-state index contributed by atoms with van der Waals surface area (Å²) in [6, 6.07) is 0. The van der Waals surface area contributed by atoms with E-state index in [1.807, 2.05) is 0 Å². The second kappa shape index (κ2) is 15.5. The van der Waals surface area contributed by atoms with Gasteiger partial charge in [0.1, 0.15) is 41.3 Å². The smallest absolute Gasteiger partial charge is 0.382 e. The molecule has 0 aromatic carbocycles. The van der Waals surface area contributed by atoms with Crippen molar-refractivity contribution >= 4 is 75.8 Å². The number of nitrogens with one attached hydrogen (secondary N) is 1. The van der Waals surface area contributed by atoms with E-state index in [4.69, 9.17) is 28.8 Å². The van der Waals surface area contributed by atoms with E-state index in [-0.39, 0.29) is 51.2 Å². The van der Waals surface area contributed by atoms with Gasteiger partial charge in [0.25, 0.3) is 12.1 Å². The lowest BCUT2D eigenvalue weighted by Gasteiger charge is -2.29. The van der Waals surface area contributed by atoms with Gasteiger partial charge >= 0.3 is 6.80 Å². The van der Waals surface area contributed by atoms with Crippen LogP contribution in [-0.4, -0.2) is 112 Å². The van der Waals surface area contributed by atoms with E-state index in [0.717, 1.165) is 23.5 Å². The molecule has 3 aliphatic rings. The number of hydrogen-bond donors (Lipinski definition) is 2. The zero-order chi connectivity index (χ0) is 41.2. The average Bonchev–Trinajstić information content (AvgIpc) is 3.91. The predicted octanol–water partition coefficient (Wildman–Crippen LogP) is 4.81. The summed E-state index contributed by atoms with van der Waals surface area (Å²) in [4.78, 5) is 61.5. The lowest BCUT2D eigenvalue weighted by molar-refractivity contribution is -0.124. The lowest BCUT2D eigenvalue weighted by Crippen LogP contribution is -2.34. The van der Waals surface area contributed by atoms with Gasteiger partial charge in [-0.1, -0.05) is 52.9 Å². The molecular weight excluding hydrogens is 834 g/mol. The van der Waals surface area contributed by atoms with Gasteiger partial charge in [-0.15, -0.1) is 0 Å². The van der Waals surface area contributed by atoms with Crippen molar-refractivity contribution in [1.29, 1.82) is 0 Å². The maximum Gasteiger partial charge on any atom is 0.390 e. The summed E-state index contributed by atoms with van der Waals surface area (Å²) in [5, 5.41) is 0. The maximum absolute atomic E-state index is 17.2. The molecule has 0 radical (unpaired) electrons. The SMILES string of the molecule is CC(C)(C)C(=O)CSP1(=O)OCC2OC(n3cnc4c(=O)[nH]cnc43)[C@H](F)[C@@H]2P(=O)(SCC(=O)C(C)(C)C)OCC2OC(n3cnc4c(N)ncnc43)[C@H](F)[C@@H]2O1. The number of ether oxygens (including phenoxy) is 2. The Bertz CT molecular complexity index is 2350. The molecule has 6 unspecified atom stereocenters. The highest BCUT2D eigenvalue weighted by Gasteiger charge is 2.59. The first-order chi connectivity index (χ1) is 26.7. The molecule has 3 aliphatic heterocycles. The molecule has 10 atom stereocenters. The molecule has 4 aromatic rings. The van der Waals surface area contributed by atoms with Crippen LogP contribution in [0.3, 0.4) is 0 Å². The normalized spacial score (nSPS) is 32.6. The fourth-order valence-electron chi connectivity index (χ4n) is 6.24. The number of alkyl halides is 2. The van der Waals surface area contributed by atoms with Gasteiger partial charge in [-0.2, -0.15) is 0 Å². The zero-order valence-electron chi connectivity index (χ0n) is 31.5. The molecule has 7 heterocycles. The minimum atomic E-state index is -4.61. The third-order valence-electron chi connectivity index (χ3n) is 9.70. The molecule has 3 fully saturated rings. The molecule has 19 nitrogen and oxygen atoms in total. The number of carbonyl (C=O) groups is 2. The minimum Gasteiger partial charge on any atom is -0.382 e. The van der Waals surface area contributed by atoms with Crippen LogP contribution in [0.2, 0.25) is 0 Å². The number of hydrogen-bond acceptors (Lipinski definition) is 18. The number of H-pyrrole nitrogens is 1. The van der Waals surface area contributed by atoms with E-state index < -0.39 is 91.7 Å². The summed E-state index contributed by atoms with van der Waals surface area (Å²) in [7, 11) is 0. The second-order valence-electron chi connectivity index (χ2n) is 15.7. The van der Waals surface area contributed by atoms with Crippen molar-refractivity contribution in [3.8, 4) is 0 Å². The molecule has 0 aliphatic carbocycles. The summed E-state index contributed by atoms with van der Waals surface area (Å²) in [5.74, 6) is -1.41. The Labute approximate surface area is 331 Å². The third-order valence-corrected chi connectivity index (χ3v) is 18.4. The van der Waals surface area contributed by atoms with E-state index in [0.29, 0.717) is 22.8 Å². The van der Waals surface area contributed by atoms with Crippen LogP contribution in [-0.2, 0) is 41.8 Å². The van der Waals surface area contributed by atoms with E-state index in [1.165, 1.54) is 10.9 Å². The number of aromatic amines is 1. The first kappa shape index (κ1) is 42.0. The summed E-state index contributed by atoms with van der Waals surface area (Å²) < 4.78 is 96.8. The number of ketones is 2. The van der Waals surface area contributed by atoms with Gasteiger partial charge in [0.15, 0.2) is 47.4 Å². The van der Waals surface area contributed by atoms with Crippen LogP contribution in [0.1, 0.15) is 54.0 Å². The number of carbonyl (C=O) groups excluding carboxylic acids is 2.